The van der Waals surface area contributed by atoms with Gasteiger partial charge in [0.05, 0.1) is 20.1 Å². The zero-order valence-electron chi connectivity index (χ0n) is 8.37. The summed E-state index contributed by atoms with van der Waals surface area (Å²) in [6.07, 6.45) is -0.245. The van der Waals surface area contributed by atoms with E-state index >= 15 is 0 Å². The van der Waals surface area contributed by atoms with Gasteiger partial charge in [-0.3, -0.25) is 14.4 Å². The Hall–Kier alpha value is -1.39. The summed E-state index contributed by atoms with van der Waals surface area (Å²) in [6, 6.07) is 0. The van der Waals surface area contributed by atoms with Crippen molar-refractivity contribution in [1.82, 2.24) is 0 Å². The number of ether oxygens (including phenoxy) is 2. The molecule has 0 radical (unpaired) electrons. The van der Waals surface area contributed by atoms with Crippen molar-refractivity contribution in [3.63, 3.8) is 0 Å². The molecule has 0 rings (SSSR count). The Labute approximate surface area is 82.4 Å². The molecule has 0 saturated heterocycles. The minimum absolute atomic E-state index is 0.00867. The molecule has 0 atom stereocenters. The Morgan fingerprint density at radius 3 is 2.21 bits per heavy atom. The van der Waals surface area contributed by atoms with Gasteiger partial charge in [0.25, 0.3) is 0 Å². The summed E-state index contributed by atoms with van der Waals surface area (Å²) < 4.78 is 8.92. The van der Waals surface area contributed by atoms with E-state index in [4.69, 9.17) is 0 Å². The fraction of sp³-hybridized carbons (Fsp3) is 0.667. The number of carbonyl (C=O) groups is 3. The number of hydrogen-bond donors (Lipinski definition) is 0. The molecular formula is C9H14O5. The number of ketones is 1. The predicted molar refractivity (Wildman–Crippen MR) is 47.5 cm³/mol. The van der Waals surface area contributed by atoms with Crippen molar-refractivity contribution < 1.29 is 23.9 Å². The van der Waals surface area contributed by atoms with Crippen molar-refractivity contribution >= 4 is 17.7 Å². The van der Waals surface area contributed by atoms with Gasteiger partial charge in [-0.25, -0.2) is 0 Å². The Balaban J connectivity index is 3.65. The van der Waals surface area contributed by atoms with Crippen molar-refractivity contribution in [3.05, 3.63) is 0 Å². The highest BCUT2D eigenvalue weighted by molar-refractivity contribution is 5.96. The lowest BCUT2D eigenvalue weighted by Crippen LogP contribution is -2.12. The highest BCUT2D eigenvalue weighted by Crippen LogP contribution is 1.98. The molecule has 14 heavy (non-hydrogen) atoms. The second-order valence-electron chi connectivity index (χ2n) is 2.60. The molecule has 0 spiro atoms. The molecule has 0 aromatic heterocycles. The molecular weight excluding hydrogens is 188 g/mol. The lowest BCUT2D eigenvalue weighted by atomic mass is 10.2. The summed E-state index contributed by atoms with van der Waals surface area (Å²) in [5.74, 6) is -1.32. The summed E-state index contributed by atoms with van der Waals surface area (Å²) >= 11 is 0. The first-order valence-electron chi connectivity index (χ1n) is 4.34. The summed E-state index contributed by atoms with van der Waals surface area (Å²) in [6.45, 7) is 1.92. The fourth-order valence-corrected chi connectivity index (χ4v) is 0.805. The highest BCUT2D eigenvalue weighted by atomic mass is 16.5. The van der Waals surface area contributed by atoms with Crippen molar-refractivity contribution in [2.75, 3.05) is 13.7 Å². The van der Waals surface area contributed by atoms with Gasteiger partial charge < -0.3 is 9.47 Å². The van der Waals surface area contributed by atoms with Crippen LogP contribution < -0.4 is 0 Å². The van der Waals surface area contributed by atoms with Gasteiger partial charge >= 0.3 is 11.9 Å². The average molecular weight is 202 g/mol. The quantitative estimate of drug-likeness (QED) is 0.462. The predicted octanol–water partition coefficient (Wildman–Crippen LogP) is 0.462. The van der Waals surface area contributed by atoms with Crippen molar-refractivity contribution in [2.45, 2.75) is 26.2 Å². The van der Waals surface area contributed by atoms with Crippen LogP contribution in [0.5, 0.6) is 0 Å². The lowest BCUT2D eigenvalue weighted by molar-refractivity contribution is -0.147. The molecule has 0 aromatic rings. The van der Waals surface area contributed by atoms with E-state index in [0.717, 1.165) is 0 Å². The molecule has 0 bridgehead atoms. The topological polar surface area (TPSA) is 69.7 Å². The third kappa shape index (κ3) is 6.16. The van der Waals surface area contributed by atoms with Gasteiger partial charge in [0.2, 0.25) is 0 Å². The Bertz CT molecular complexity index is 221. The maximum atomic E-state index is 11.0. The largest absolute Gasteiger partial charge is 0.469 e. The Morgan fingerprint density at radius 2 is 1.71 bits per heavy atom. The van der Waals surface area contributed by atoms with Crippen LogP contribution in [0.1, 0.15) is 26.2 Å². The van der Waals surface area contributed by atoms with Crippen LogP contribution in [0.15, 0.2) is 0 Å². The summed E-state index contributed by atoms with van der Waals surface area (Å²) in [5.41, 5.74) is 0. The first kappa shape index (κ1) is 12.6. The molecule has 0 N–H and O–H groups in total. The minimum Gasteiger partial charge on any atom is -0.469 e. The van der Waals surface area contributed by atoms with E-state index in [-0.39, 0.29) is 31.7 Å². The number of methoxy groups -OCH3 is 1. The van der Waals surface area contributed by atoms with E-state index in [1.165, 1.54) is 7.11 Å². The second-order valence-corrected chi connectivity index (χ2v) is 2.60. The standard InChI is InChI=1S/C9H14O5/c1-3-14-9(12)6-7(10)4-5-8(11)13-2/h3-6H2,1-2H3. The summed E-state index contributed by atoms with van der Waals surface area (Å²) in [7, 11) is 1.25. The number of esters is 2. The third-order valence-corrected chi connectivity index (χ3v) is 1.48. The Morgan fingerprint density at radius 1 is 1.07 bits per heavy atom. The van der Waals surface area contributed by atoms with Crippen LogP contribution in [0, 0.1) is 0 Å². The van der Waals surface area contributed by atoms with E-state index < -0.39 is 11.9 Å². The van der Waals surface area contributed by atoms with Gasteiger partial charge in [-0.05, 0) is 6.92 Å². The molecule has 0 amide bonds. The molecule has 0 saturated carbocycles. The molecule has 5 nitrogen and oxygen atoms in total. The van der Waals surface area contributed by atoms with Gasteiger partial charge in [-0.1, -0.05) is 0 Å². The minimum atomic E-state index is -0.553. The molecule has 5 heteroatoms. The van der Waals surface area contributed by atoms with E-state index in [2.05, 4.69) is 9.47 Å². The van der Waals surface area contributed by atoms with Gasteiger partial charge in [0.1, 0.15) is 12.2 Å². The fourth-order valence-electron chi connectivity index (χ4n) is 0.805. The maximum absolute atomic E-state index is 11.0. The van der Waals surface area contributed by atoms with Gasteiger partial charge in [0, 0.05) is 6.42 Å². The average Bonchev–Trinajstić information content (AvgIpc) is 2.14. The van der Waals surface area contributed by atoms with Crippen LogP contribution in [-0.4, -0.2) is 31.4 Å². The van der Waals surface area contributed by atoms with Gasteiger partial charge in [-0.2, -0.15) is 0 Å². The highest BCUT2D eigenvalue weighted by Gasteiger charge is 2.12. The Kier molecular flexibility index (Phi) is 6.36. The number of hydrogen-bond acceptors (Lipinski definition) is 5. The second kappa shape index (κ2) is 7.06. The van der Waals surface area contributed by atoms with Gasteiger partial charge in [0.15, 0.2) is 0 Å². The van der Waals surface area contributed by atoms with E-state index in [9.17, 15) is 14.4 Å². The molecule has 0 aliphatic heterocycles. The maximum Gasteiger partial charge on any atom is 0.313 e. The molecule has 0 unspecified atom stereocenters. The smallest absolute Gasteiger partial charge is 0.313 e. The van der Waals surface area contributed by atoms with E-state index in [1.807, 2.05) is 0 Å². The molecule has 80 valence electrons. The van der Waals surface area contributed by atoms with Crippen molar-refractivity contribution in [3.8, 4) is 0 Å². The first-order valence-corrected chi connectivity index (χ1v) is 4.34. The number of carbonyl (C=O) groups excluding carboxylic acids is 3. The third-order valence-electron chi connectivity index (χ3n) is 1.48. The zero-order valence-corrected chi connectivity index (χ0v) is 8.37. The van der Waals surface area contributed by atoms with Crippen LogP contribution in [0.2, 0.25) is 0 Å². The van der Waals surface area contributed by atoms with Crippen LogP contribution in [0.3, 0.4) is 0 Å². The monoisotopic (exact) mass is 202 g/mol. The summed E-state index contributed by atoms with van der Waals surface area (Å²) in [5, 5.41) is 0. The van der Waals surface area contributed by atoms with Crippen molar-refractivity contribution in [2.24, 2.45) is 0 Å². The number of rotatable bonds is 6. The molecule has 0 aliphatic carbocycles. The van der Waals surface area contributed by atoms with Crippen LogP contribution in [0.25, 0.3) is 0 Å². The molecule has 0 fully saturated rings. The SMILES string of the molecule is CCOC(=O)CC(=O)CCC(=O)OC. The van der Waals surface area contributed by atoms with E-state index in [1.54, 1.807) is 6.92 Å². The van der Waals surface area contributed by atoms with Crippen LogP contribution in [-0.2, 0) is 23.9 Å². The summed E-state index contributed by atoms with van der Waals surface area (Å²) in [4.78, 5) is 32.5. The first-order chi connectivity index (χ1) is 6.60. The normalized spacial score (nSPS) is 9.29. The lowest BCUT2D eigenvalue weighted by Gasteiger charge is -2.00. The zero-order chi connectivity index (χ0) is 11.0. The molecule has 0 heterocycles. The molecule has 0 aliphatic rings. The van der Waals surface area contributed by atoms with Crippen LogP contribution in [0.4, 0.5) is 0 Å². The van der Waals surface area contributed by atoms with Gasteiger partial charge in [-0.15, -0.1) is 0 Å². The molecule has 0 aromatic carbocycles. The van der Waals surface area contributed by atoms with Crippen LogP contribution >= 0.6 is 0 Å². The number of Topliss-reactive ketones (excluding diaryl/α,β-unsaturated/α-hetero) is 1. The van der Waals surface area contributed by atoms with Crippen molar-refractivity contribution in [1.29, 1.82) is 0 Å². The van der Waals surface area contributed by atoms with E-state index in [0.29, 0.717) is 0 Å².